The van der Waals surface area contributed by atoms with Gasteiger partial charge in [0.25, 0.3) is 5.91 Å². The van der Waals surface area contributed by atoms with Crippen molar-refractivity contribution in [3.05, 3.63) is 60.6 Å². The Morgan fingerprint density at radius 3 is 2.33 bits per heavy atom. The third-order valence-corrected chi connectivity index (χ3v) is 4.87. The molecule has 0 aliphatic rings. The van der Waals surface area contributed by atoms with Crippen molar-refractivity contribution in [1.29, 1.82) is 0 Å². The molecule has 4 nitrogen and oxygen atoms in total. The number of carbonyl (C=O) groups is 2. The lowest BCUT2D eigenvalue weighted by Crippen LogP contribution is -2.35. The van der Waals surface area contributed by atoms with Gasteiger partial charge in [-0.25, -0.2) is 0 Å². The number of nitrogens with one attached hydrogen (secondary N) is 1. The van der Waals surface area contributed by atoms with Crippen LogP contribution in [-0.4, -0.2) is 30.3 Å². The summed E-state index contributed by atoms with van der Waals surface area (Å²) in [4.78, 5) is 25.9. The highest BCUT2D eigenvalue weighted by Gasteiger charge is 2.18. The summed E-state index contributed by atoms with van der Waals surface area (Å²) in [5.74, 6) is -0.679. The highest BCUT2D eigenvalue weighted by molar-refractivity contribution is 14.1. The first-order valence-corrected chi connectivity index (χ1v) is 8.95. The van der Waals surface area contributed by atoms with Gasteiger partial charge in [0, 0.05) is 15.6 Å². The Hall–Kier alpha value is -1.02. The van der Waals surface area contributed by atoms with Gasteiger partial charge in [-0.05, 0) is 52.9 Å². The second-order valence-electron chi connectivity index (χ2n) is 4.93. The zero-order chi connectivity index (χ0) is 17.9. The van der Waals surface area contributed by atoms with E-state index >= 15 is 0 Å². The molecular formula is C16H12Cl3IN2O2. The Balaban J connectivity index is 2.07. The predicted molar refractivity (Wildman–Crippen MR) is 106 cm³/mol. The van der Waals surface area contributed by atoms with Gasteiger partial charge in [-0.1, -0.05) is 40.9 Å². The van der Waals surface area contributed by atoms with Crippen LogP contribution in [0, 0.1) is 3.57 Å². The van der Waals surface area contributed by atoms with Crippen LogP contribution < -0.4 is 5.32 Å². The maximum atomic E-state index is 12.4. The van der Waals surface area contributed by atoms with E-state index in [4.69, 9.17) is 34.8 Å². The third kappa shape index (κ3) is 4.75. The maximum Gasteiger partial charge on any atom is 0.255 e. The van der Waals surface area contributed by atoms with Gasteiger partial charge in [0.2, 0.25) is 5.91 Å². The second kappa shape index (κ2) is 8.38. The van der Waals surface area contributed by atoms with Crippen molar-refractivity contribution in [3.63, 3.8) is 0 Å². The van der Waals surface area contributed by atoms with Crippen LogP contribution in [0.1, 0.15) is 10.4 Å². The highest BCUT2D eigenvalue weighted by Crippen LogP contribution is 2.29. The lowest BCUT2D eigenvalue weighted by Gasteiger charge is -2.18. The van der Waals surface area contributed by atoms with Crippen molar-refractivity contribution in [2.24, 2.45) is 0 Å². The molecule has 0 saturated heterocycles. The molecule has 0 unspecified atom stereocenters. The van der Waals surface area contributed by atoms with E-state index in [-0.39, 0.29) is 12.5 Å². The van der Waals surface area contributed by atoms with Gasteiger partial charge in [0.05, 0.1) is 27.8 Å². The zero-order valence-electron chi connectivity index (χ0n) is 12.4. The zero-order valence-corrected chi connectivity index (χ0v) is 16.9. The standard InChI is InChI=1S/C16H12Cl3IN2O2/c1-22(16(24)10-6-5-9(17)7-13(10)20)8-14(23)21-15-11(18)3-2-4-12(15)19/h2-7H,8H2,1H3,(H,21,23). The summed E-state index contributed by atoms with van der Waals surface area (Å²) in [5, 5.41) is 3.83. The fourth-order valence-corrected chi connectivity index (χ4v) is 3.55. The summed E-state index contributed by atoms with van der Waals surface area (Å²) in [6.07, 6.45) is 0. The summed E-state index contributed by atoms with van der Waals surface area (Å²) < 4.78 is 0.714. The smallest absolute Gasteiger partial charge is 0.255 e. The number of anilines is 1. The second-order valence-corrected chi connectivity index (χ2v) is 7.34. The molecule has 0 radical (unpaired) electrons. The highest BCUT2D eigenvalue weighted by atomic mass is 127. The van der Waals surface area contributed by atoms with Crippen molar-refractivity contribution in [2.45, 2.75) is 0 Å². The van der Waals surface area contributed by atoms with Gasteiger partial charge in [0.15, 0.2) is 0 Å². The number of likely N-dealkylation sites (N-methyl/N-ethyl adjacent to an activating group) is 1. The SMILES string of the molecule is CN(CC(=O)Nc1c(Cl)cccc1Cl)C(=O)c1ccc(Cl)cc1I. The molecule has 24 heavy (non-hydrogen) atoms. The van der Waals surface area contributed by atoms with Gasteiger partial charge in [-0.15, -0.1) is 0 Å². The molecule has 2 aromatic carbocycles. The predicted octanol–water partition coefficient (Wildman–Crippen LogP) is 4.96. The number of para-hydroxylation sites is 1. The average molecular weight is 498 g/mol. The molecule has 2 amide bonds. The first-order valence-electron chi connectivity index (χ1n) is 6.74. The van der Waals surface area contributed by atoms with Crippen LogP contribution in [0.2, 0.25) is 15.1 Å². The molecule has 0 saturated carbocycles. The Kier molecular flexibility index (Phi) is 6.74. The van der Waals surface area contributed by atoms with Gasteiger partial charge < -0.3 is 10.2 Å². The Morgan fingerprint density at radius 1 is 1.12 bits per heavy atom. The number of hydrogen-bond acceptors (Lipinski definition) is 2. The van der Waals surface area contributed by atoms with E-state index in [1.54, 1.807) is 43.4 Å². The molecule has 0 fully saturated rings. The molecule has 0 spiro atoms. The average Bonchev–Trinajstić information content (AvgIpc) is 2.50. The van der Waals surface area contributed by atoms with Crippen LogP contribution in [0.15, 0.2) is 36.4 Å². The molecule has 0 bridgehead atoms. The summed E-state index contributed by atoms with van der Waals surface area (Å²) in [6, 6.07) is 9.87. The molecule has 2 aromatic rings. The van der Waals surface area contributed by atoms with Crippen molar-refractivity contribution in [2.75, 3.05) is 18.9 Å². The van der Waals surface area contributed by atoms with E-state index in [0.29, 0.717) is 29.9 Å². The Morgan fingerprint density at radius 2 is 1.75 bits per heavy atom. The number of halogens is 4. The molecule has 0 atom stereocenters. The van der Waals surface area contributed by atoms with Crippen LogP contribution in [0.4, 0.5) is 5.69 Å². The molecular weight excluding hydrogens is 485 g/mol. The van der Waals surface area contributed by atoms with Crippen LogP contribution in [0.5, 0.6) is 0 Å². The Bertz CT molecular complexity index is 779. The van der Waals surface area contributed by atoms with Crippen molar-refractivity contribution >= 4 is 74.9 Å². The first kappa shape index (κ1) is 19.3. The lowest BCUT2D eigenvalue weighted by atomic mass is 10.2. The molecule has 1 N–H and O–H groups in total. The van der Waals surface area contributed by atoms with Gasteiger partial charge >= 0.3 is 0 Å². The number of hydrogen-bond donors (Lipinski definition) is 1. The monoisotopic (exact) mass is 496 g/mol. The van der Waals surface area contributed by atoms with Gasteiger partial charge in [-0.2, -0.15) is 0 Å². The van der Waals surface area contributed by atoms with Crippen LogP contribution in [0.3, 0.4) is 0 Å². The van der Waals surface area contributed by atoms with E-state index in [1.807, 2.05) is 22.6 Å². The minimum Gasteiger partial charge on any atom is -0.332 e. The normalized spacial score (nSPS) is 10.4. The van der Waals surface area contributed by atoms with E-state index in [2.05, 4.69) is 5.32 Å². The van der Waals surface area contributed by atoms with Crippen molar-refractivity contribution in [3.8, 4) is 0 Å². The fourth-order valence-electron chi connectivity index (χ4n) is 1.95. The number of carbonyl (C=O) groups excluding carboxylic acids is 2. The number of benzene rings is 2. The van der Waals surface area contributed by atoms with Gasteiger partial charge in [0.1, 0.15) is 0 Å². The number of nitrogens with zero attached hydrogens (tertiary/aromatic N) is 1. The van der Waals surface area contributed by atoms with Crippen molar-refractivity contribution in [1.82, 2.24) is 4.90 Å². The molecule has 2 rings (SSSR count). The van der Waals surface area contributed by atoms with Crippen LogP contribution in [-0.2, 0) is 4.79 Å². The number of rotatable bonds is 4. The summed E-state index contributed by atoms with van der Waals surface area (Å²) in [5.41, 5.74) is 0.804. The molecule has 0 aromatic heterocycles. The first-order chi connectivity index (χ1) is 11.3. The van der Waals surface area contributed by atoms with E-state index < -0.39 is 5.91 Å². The summed E-state index contributed by atoms with van der Waals surface area (Å²) >= 11 is 19.9. The van der Waals surface area contributed by atoms with Crippen molar-refractivity contribution < 1.29 is 9.59 Å². The fraction of sp³-hybridized carbons (Fsp3) is 0.125. The maximum absolute atomic E-state index is 12.4. The minimum absolute atomic E-state index is 0.140. The summed E-state index contributed by atoms with van der Waals surface area (Å²) in [6.45, 7) is -0.140. The summed E-state index contributed by atoms with van der Waals surface area (Å²) in [7, 11) is 1.54. The van der Waals surface area contributed by atoms with E-state index in [9.17, 15) is 9.59 Å². The van der Waals surface area contributed by atoms with Crippen LogP contribution >= 0.6 is 57.4 Å². The number of amides is 2. The topological polar surface area (TPSA) is 49.4 Å². The van der Waals surface area contributed by atoms with E-state index in [1.165, 1.54) is 4.90 Å². The molecule has 0 heterocycles. The molecule has 8 heteroatoms. The third-order valence-electron chi connectivity index (χ3n) is 3.12. The van der Waals surface area contributed by atoms with E-state index in [0.717, 1.165) is 0 Å². The minimum atomic E-state index is -0.398. The molecule has 0 aliphatic heterocycles. The van der Waals surface area contributed by atoms with Gasteiger partial charge in [-0.3, -0.25) is 9.59 Å². The largest absolute Gasteiger partial charge is 0.332 e. The van der Waals surface area contributed by atoms with Crippen LogP contribution in [0.25, 0.3) is 0 Å². The molecule has 126 valence electrons. The Labute approximate surface area is 168 Å². The quantitative estimate of drug-likeness (QED) is 0.607. The lowest BCUT2D eigenvalue weighted by molar-refractivity contribution is -0.116. The molecule has 0 aliphatic carbocycles.